The fourth-order valence-corrected chi connectivity index (χ4v) is 3.72. The van der Waals surface area contributed by atoms with Crippen LogP contribution in [0, 0.1) is 5.82 Å². The first-order valence-corrected chi connectivity index (χ1v) is 9.77. The minimum absolute atomic E-state index is 0.0822. The number of alkyl halides is 2. The summed E-state index contributed by atoms with van der Waals surface area (Å²) >= 11 is 0. The van der Waals surface area contributed by atoms with Crippen molar-refractivity contribution in [2.45, 2.75) is 37.3 Å². The Labute approximate surface area is 176 Å². The van der Waals surface area contributed by atoms with Gasteiger partial charge in [-0.2, -0.15) is 0 Å². The Balaban J connectivity index is 1.70. The van der Waals surface area contributed by atoms with Crippen molar-refractivity contribution in [2.24, 2.45) is 11.5 Å². The van der Waals surface area contributed by atoms with Crippen LogP contribution < -0.4 is 22.1 Å². The molecule has 0 spiro atoms. The summed E-state index contributed by atoms with van der Waals surface area (Å²) in [6, 6.07) is 7.63. The number of nitrogens with zero attached hydrogens (tertiary/aromatic N) is 2. The molecule has 10 heteroatoms. The topological polar surface area (TPSA) is 119 Å². The van der Waals surface area contributed by atoms with Crippen LogP contribution in [-0.2, 0) is 0 Å². The Bertz CT molecular complexity index is 1140. The second-order valence-electron chi connectivity index (χ2n) is 7.56. The van der Waals surface area contributed by atoms with Crippen molar-refractivity contribution in [1.82, 2.24) is 9.97 Å². The van der Waals surface area contributed by atoms with Crippen LogP contribution in [0.25, 0.3) is 10.9 Å². The molecule has 1 aliphatic rings. The Morgan fingerprint density at radius 3 is 2.71 bits per heavy atom. The maximum absolute atomic E-state index is 14.6. The molecule has 0 radical (unpaired) electrons. The summed E-state index contributed by atoms with van der Waals surface area (Å²) in [5.41, 5.74) is 12.2. The van der Waals surface area contributed by atoms with Gasteiger partial charge in [0.2, 0.25) is 0 Å². The van der Waals surface area contributed by atoms with Crippen molar-refractivity contribution in [3.63, 3.8) is 0 Å². The number of hydrogen-bond acceptors (Lipinski definition) is 6. The molecule has 7 nitrogen and oxygen atoms in total. The zero-order valence-electron chi connectivity index (χ0n) is 16.4. The SMILES string of the molecule is NC(=O)c1cc(F)c(N[C@H]2[C@@H](N)CCCC2(F)F)nc1Nc1cnc2ccccc2c1. The van der Waals surface area contributed by atoms with E-state index >= 15 is 0 Å². The fourth-order valence-electron chi connectivity index (χ4n) is 3.72. The van der Waals surface area contributed by atoms with Crippen LogP contribution in [0.15, 0.2) is 42.6 Å². The minimum atomic E-state index is -3.12. The highest BCUT2D eigenvalue weighted by Crippen LogP contribution is 2.35. The van der Waals surface area contributed by atoms with Gasteiger partial charge < -0.3 is 22.1 Å². The lowest BCUT2D eigenvalue weighted by atomic mass is 9.87. The Hall–Kier alpha value is -3.40. The Kier molecular flexibility index (Phi) is 5.40. The highest BCUT2D eigenvalue weighted by molar-refractivity contribution is 5.98. The van der Waals surface area contributed by atoms with Crippen LogP contribution in [0.5, 0.6) is 0 Å². The van der Waals surface area contributed by atoms with Crippen LogP contribution in [0.4, 0.5) is 30.5 Å². The zero-order chi connectivity index (χ0) is 22.2. The average molecular weight is 430 g/mol. The largest absolute Gasteiger partial charge is 0.365 e. The number of para-hydroxylation sites is 1. The minimum Gasteiger partial charge on any atom is -0.365 e. The maximum Gasteiger partial charge on any atom is 0.269 e. The lowest BCUT2D eigenvalue weighted by Gasteiger charge is -2.36. The molecule has 0 unspecified atom stereocenters. The third-order valence-corrected chi connectivity index (χ3v) is 5.32. The normalized spacial score (nSPS) is 20.4. The fraction of sp³-hybridized carbons (Fsp3) is 0.286. The first kappa shape index (κ1) is 20.9. The van der Waals surface area contributed by atoms with E-state index in [0.717, 1.165) is 17.0 Å². The molecule has 0 saturated heterocycles. The van der Waals surface area contributed by atoms with Gasteiger partial charge in [-0.15, -0.1) is 0 Å². The molecule has 3 aromatic rings. The first-order chi connectivity index (χ1) is 14.7. The van der Waals surface area contributed by atoms with Gasteiger partial charge in [0, 0.05) is 17.8 Å². The summed E-state index contributed by atoms with van der Waals surface area (Å²) < 4.78 is 43.3. The molecule has 1 amide bonds. The number of hydrogen-bond donors (Lipinski definition) is 4. The standard InChI is InChI=1S/C21H21F3N6O/c22-14-9-13(18(26)31)19(28-12-8-11-4-1-2-6-16(11)27-10-12)30-20(14)29-17-15(25)5-3-7-21(17,23)24/h1-2,4,6,8-10,15,17H,3,5,7,25H2,(H2,26,31)(H2,28,29,30)/t15-,17-/m0/s1. The number of nitrogens with one attached hydrogen (secondary N) is 2. The summed E-state index contributed by atoms with van der Waals surface area (Å²) in [7, 11) is 0. The molecule has 31 heavy (non-hydrogen) atoms. The van der Waals surface area contributed by atoms with Gasteiger partial charge in [-0.05, 0) is 31.0 Å². The van der Waals surface area contributed by atoms with E-state index in [1.807, 2.05) is 24.3 Å². The number of carbonyl (C=O) groups is 1. The van der Waals surface area contributed by atoms with Crippen molar-refractivity contribution in [2.75, 3.05) is 10.6 Å². The van der Waals surface area contributed by atoms with Gasteiger partial charge in [-0.3, -0.25) is 9.78 Å². The van der Waals surface area contributed by atoms with E-state index in [4.69, 9.17) is 11.5 Å². The molecule has 4 rings (SSSR count). The number of amides is 1. The van der Waals surface area contributed by atoms with Gasteiger partial charge in [0.05, 0.1) is 23.0 Å². The van der Waals surface area contributed by atoms with Gasteiger partial charge in [-0.1, -0.05) is 18.2 Å². The van der Waals surface area contributed by atoms with Gasteiger partial charge in [-0.25, -0.2) is 18.2 Å². The molecule has 0 bridgehead atoms. The van der Waals surface area contributed by atoms with E-state index in [1.165, 1.54) is 6.20 Å². The highest BCUT2D eigenvalue weighted by atomic mass is 19.3. The van der Waals surface area contributed by atoms with Crippen molar-refractivity contribution in [3.8, 4) is 0 Å². The lowest BCUT2D eigenvalue weighted by molar-refractivity contribution is -0.0512. The summed E-state index contributed by atoms with van der Waals surface area (Å²) in [6.07, 6.45) is 1.82. The molecule has 1 aliphatic carbocycles. The summed E-state index contributed by atoms with van der Waals surface area (Å²) in [5.74, 6) is -5.55. The second kappa shape index (κ2) is 8.03. The van der Waals surface area contributed by atoms with Crippen molar-refractivity contribution in [1.29, 1.82) is 0 Å². The molecule has 1 saturated carbocycles. The summed E-state index contributed by atoms with van der Waals surface area (Å²) in [4.78, 5) is 20.2. The quantitative estimate of drug-likeness (QED) is 0.492. The van der Waals surface area contributed by atoms with E-state index < -0.39 is 35.5 Å². The number of pyridine rings is 2. The summed E-state index contributed by atoms with van der Waals surface area (Å²) in [6.45, 7) is 0. The molecule has 1 aromatic carbocycles. The highest BCUT2D eigenvalue weighted by Gasteiger charge is 2.46. The molecular formula is C21H21F3N6O. The van der Waals surface area contributed by atoms with E-state index in [0.29, 0.717) is 12.1 Å². The number of primary amides is 1. The number of halogens is 3. The van der Waals surface area contributed by atoms with Gasteiger partial charge >= 0.3 is 0 Å². The van der Waals surface area contributed by atoms with Gasteiger partial charge in [0.25, 0.3) is 11.8 Å². The number of fused-ring (bicyclic) bond motifs is 1. The number of carbonyl (C=O) groups excluding carboxylic acids is 1. The zero-order valence-corrected chi connectivity index (χ0v) is 16.4. The van der Waals surface area contributed by atoms with E-state index in [1.54, 1.807) is 6.07 Å². The van der Waals surface area contributed by atoms with Gasteiger partial charge in [0.15, 0.2) is 11.6 Å². The van der Waals surface area contributed by atoms with Crippen molar-refractivity contribution in [3.05, 3.63) is 54.0 Å². The Morgan fingerprint density at radius 1 is 1.19 bits per heavy atom. The number of aromatic nitrogens is 2. The van der Waals surface area contributed by atoms with Crippen LogP contribution in [0.3, 0.4) is 0 Å². The van der Waals surface area contributed by atoms with Crippen molar-refractivity contribution < 1.29 is 18.0 Å². The van der Waals surface area contributed by atoms with E-state index in [-0.39, 0.29) is 24.2 Å². The predicted molar refractivity (Wildman–Crippen MR) is 112 cm³/mol. The molecule has 6 N–H and O–H groups in total. The number of benzene rings is 1. The maximum atomic E-state index is 14.6. The summed E-state index contributed by atoms with van der Waals surface area (Å²) in [5, 5.41) is 6.15. The number of rotatable bonds is 5. The van der Waals surface area contributed by atoms with Crippen LogP contribution in [0.2, 0.25) is 0 Å². The van der Waals surface area contributed by atoms with Crippen molar-refractivity contribution >= 4 is 34.1 Å². The lowest BCUT2D eigenvalue weighted by Crippen LogP contribution is -2.55. The number of anilines is 3. The molecular weight excluding hydrogens is 409 g/mol. The smallest absolute Gasteiger partial charge is 0.269 e. The molecule has 0 aliphatic heterocycles. The van der Waals surface area contributed by atoms with E-state index in [2.05, 4.69) is 20.6 Å². The Morgan fingerprint density at radius 2 is 1.97 bits per heavy atom. The van der Waals surface area contributed by atoms with E-state index in [9.17, 15) is 18.0 Å². The molecule has 2 atom stereocenters. The predicted octanol–water partition coefficient (Wildman–Crippen LogP) is 3.54. The van der Waals surface area contributed by atoms with Crippen LogP contribution in [0.1, 0.15) is 29.6 Å². The van der Waals surface area contributed by atoms with Crippen LogP contribution in [-0.4, -0.2) is 33.9 Å². The molecule has 2 aromatic heterocycles. The first-order valence-electron chi connectivity index (χ1n) is 9.77. The third kappa shape index (κ3) is 4.24. The molecule has 2 heterocycles. The molecule has 162 valence electrons. The van der Waals surface area contributed by atoms with Gasteiger partial charge in [0.1, 0.15) is 11.9 Å². The average Bonchev–Trinajstić information content (AvgIpc) is 2.72. The van der Waals surface area contributed by atoms with Crippen LogP contribution >= 0.6 is 0 Å². The third-order valence-electron chi connectivity index (χ3n) is 5.32. The molecule has 1 fully saturated rings. The number of nitrogens with two attached hydrogens (primary N) is 2. The monoisotopic (exact) mass is 430 g/mol. The second-order valence-corrected chi connectivity index (χ2v) is 7.56.